The maximum atomic E-state index is 13.2. The third-order valence-corrected chi connectivity index (χ3v) is 4.83. The second-order valence-corrected chi connectivity index (χ2v) is 6.69. The van der Waals surface area contributed by atoms with Gasteiger partial charge < -0.3 is 0 Å². The van der Waals surface area contributed by atoms with Gasteiger partial charge in [0.1, 0.15) is 0 Å². The SMILES string of the molecule is O=C1/C(=C/c2ccc([N+](=O)[O-])cc2)c2ccccc2/C1=C\c1ccc([N+](=O)[O-])cc1. The Kier molecular flexibility index (Phi) is 4.77. The number of fused-ring (bicyclic) bond motifs is 1. The summed E-state index contributed by atoms with van der Waals surface area (Å²) in [5, 5.41) is 21.7. The Balaban J connectivity index is 1.75. The number of allylic oxidation sites excluding steroid dienone is 2. The molecule has 0 saturated carbocycles. The summed E-state index contributed by atoms with van der Waals surface area (Å²) in [6.07, 6.45) is 3.42. The molecule has 4 rings (SSSR count). The first kappa shape index (κ1) is 18.9. The molecule has 146 valence electrons. The van der Waals surface area contributed by atoms with Gasteiger partial charge in [-0.25, -0.2) is 0 Å². The fraction of sp³-hybridized carbons (Fsp3) is 0. The molecule has 0 atom stereocenters. The first-order chi connectivity index (χ1) is 14.4. The van der Waals surface area contributed by atoms with Gasteiger partial charge in [0.25, 0.3) is 11.4 Å². The molecule has 0 heterocycles. The highest BCUT2D eigenvalue weighted by Gasteiger charge is 2.29. The van der Waals surface area contributed by atoms with Crippen molar-refractivity contribution < 1.29 is 14.6 Å². The number of non-ortho nitro benzene ring substituents is 2. The van der Waals surface area contributed by atoms with Crippen molar-refractivity contribution in [3.8, 4) is 0 Å². The van der Waals surface area contributed by atoms with E-state index in [-0.39, 0.29) is 17.2 Å². The number of nitro groups is 2. The van der Waals surface area contributed by atoms with E-state index < -0.39 is 9.85 Å². The van der Waals surface area contributed by atoms with Crippen LogP contribution >= 0.6 is 0 Å². The van der Waals surface area contributed by atoms with Crippen LogP contribution in [0, 0.1) is 20.2 Å². The van der Waals surface area contributed by atoms with E-state index in [2.05, 4.69) is 0 Å². The van der Waals surface area contributed by atoms with E-state index in [9.17, 15) is 25.0 Å². The van der Waals surface area contributed by atoms with Gasteiger partial charge >= 0.3 is 0 Å². The monoisotopic (exact) mass is 398 g/mol. The summed E-state index contributed by atoms with van der Waals surface area (Å²) in [6, 6.07) is 19.3. The lowest BCUT2D eigenvalue weighted by Gasteiger charge is -1.99. The molecule has 0 unspecified atom stereocenters. The molecular formula is C23H14N2O5. The normalized spacial score (nSPS) is 15.4. The first-order valence-corrected chi connectivity index (χ1v) is 9.01. The molecule has 0 radical (unpaired) electrons. The summed E-state index contributed by atoms with van der Waals surface area (Å²) in [5.41, 5.74) is 3.84. The number of Topliss-reactive ketones (excluding diaryl/α,β-unsaturated/α-hetero) is 1. The number of nitrogens with zero attached hydrogens (tertiary/aromatic N) is 2. The maximum Gasteiger partial charge on any atom is 0.269 e. The summed E-state index contributed by atoms with van der Waals surface area (Å²) in [6.45, 7) is 0. The van der Waals surface area contributed by atoms with Crippen LogP contribution in [0.2, 0.25) is 0 Å². The summed E-state index contributed by atoms with van der Waals surface area (Å²) in [7, 11) is 0. The smallest absolute Gasteiger partial charge is 0.269 e. The Bertz CT molecular complexity index is 1140. The first-order valence-electron chi connectivity index (χ1n) is 9.01. The highest BCUT2D eigenvalue weighted by atomic mass is 16.6. The summed E-state index contributed by atoms with van der Waals surface area (Å²) >= 11 is 0. The van der Waals surface area contributed by atoms with Crippen LogP contribution in [-0.2, 0) is 4.79 Å². The Morgan fingerprint density at radius 3 is 1.30 bits per heavy atom. The third-order valence-electron chi connectivity index (χ3n) is 4.83. The van der Waals surface area contributed by atoms with Crippen LogP contribution in [0.15, 0.2) is 72.8 Å². The predicted octanol–water partition coefficient (Wildman–Crippen LogP) is 5.17. The highest BCUT2D eigenvalue weighted by molar-refractivity contribution is 6.51. The number of rotatable bonds is 4. The van der Waals surface area contributed by atoms with Gasteiger partial charge in [0.2, 0.25) is 0 Å². The minimum atomic E-state index is -0.474. The molecule has 0 saturated heterocycles. The van der Waals surface area contributed by atoms with E-state index in [0.29, 0.717) is 22.3 Å². The zero-order valence-corrected chi connectivity index (χ0v) is 15.5. The van der Waals surface area contributed by atoms with E-state index in [1.54, 1.807) is 36.4 Å². The van der Waals surface area contributed by atoms with Crippen LogP contribution in [0.4, 0.5) is 11.4 Å². The molecule has 1 aliphatic carbocycles. The Morgan fingerprint density at radius 1 is 0.600 bits per heavy atom. The number of hydrogen-bond donors (Lipinski definition) is 0. The predicted molar refractivity (Wildman–Crippen MR) is 113 cm³/mol. The minimum absolute atomic E-state index is 0.0194. The summed E-state index contributed by atoms with van der Waals surface area (Å²) in [5.74, 6) is -0.173. The van der Waals surface area contributed by atoms with Gasteiger partial charge in [-0.15, -0.1) is 0 Å². The van der Waals surface area contributed by atoms with E-state index in [0.717, 1.165) is 11.1 Å². The molecule has 0 bridgehead atoms. The fourth-order valence-electron chi connectivity index (χ4n) is 3.35. The summed E-state index contributed by atoms with van der Waals surface area (Å²) in [4.78, 5) is 33.9. The minimum Gasteiger partial charge on any atom is -0.289 e. The number of benzene rings is 3. The summed E-state index contributed by atoms with van der Waals surface area (Å²) < 4.78 is 0. The molecule has 1 aliphatic rings. The van der Waals surface area contributed by atoms with Crippen molar-refractivity contribution in [2.24, 2.45) is 0 Å². The highest BCUT2D eigenvalue weighted by Crippen LogP contribution is 2.39. The van der Waals surface area contributed by atoms with Crippen molar-refractivity contribution in [3.63, 3.8) is 0 Å². The number of carbonyl (C=O) groups is 1. The zero-order valence-electron chi connectivity index (χ0n) is 15.5. The molecule has 0 aliphatic heterocycles. The standard InChI is InChI=1S/C23H14N2O5/c26-23-21(13-15-5-9-17(10-6-15)24(27)28)19-3-1-2-4-20(19)22(23)14-16-7-11-18(12-8-16)25(29)30/h1-14H/b21-13+,22-14+. The van der Waals surface area contributed by atoms with Crippen LogP contribution in [0.5, 0.6) is 0 Å². The van der Waals surface area contributed by atoms with E-state index >= 15 is 0 Å². The van der Waals surface area contributed by atoms with Gasteiger partial charge in [0, 0.05) is 35.4 Å². The van der Waals surface area contributed by atoms with Gasteiger partial charge in [-0.2, -0.15) is 0 Å². The molecule has 0 spiro atoms. The topological polar surface area (TPSA) is 103 Å². The molecule has 0 N–H and O–H groups in total. The zero-order chi connectivity index (χ0) is 21.3. The van der Waals surface area contributed by atoms with Gasteiger partial charge in [0.05, 0.1) is 9.85 Å². The lowest BCUT2D eigenvalue weighted by molar-refractivity contribution is -0.385. The second kappa shape index (κ2) is 7.56. The average Bonchev–Trinajstić information content (AvgIpc) is 3.00. The number of ketones is 1. The molecule has 3 aromatic rings. The van der Waals surface area contributed by atoms with Crippen LogP contribution in [-0.4, -0.2) is 15.6 Å². The van der Waals surface area contributed by atoms with Gasteiger partial charge in [-0.3, -0.25) is 25.0 Å². The molecule has 30 heavy (non-hydrogen) atoms. The Hall–Kier alpha value is -4.39. The van der Waals surface area contributed by atoms with Crippen molar-refractivity contribution in [1.82, 2.24) is 0 Å². The molecule has 3 aromatic carbocycles. The maximum absolute atomic E-state index is 13.2. The van der Waals surface area contributed by atoms with Crippen molar-refractivity contribution in [2.75, 3.05) is 0 Å². The molecule has 0 fully saturated rings. The lowest BCUT2D eigenvalue weighted by Crippen LogP contribution is -1.94. The average molecular weight is 398 g/mol. The van der Waals surface area contributed by atoms with Crippen LogP contribution in [0.3, 0.4) is 0 Å². The largest absolute Gasteiger partial charge is 0.289 e. The Morgan fingerprint density at radius 2 is 0.967 bits per heavy atom. The fourth-order valence-corrected chi connectivity index (χ4v) is 3.35. The Labute approximate surface area is 170 Å². The molecule has 7 nitrogen and oxygen atoms in total. The van der Waals surface area contributed by atoms with Gasteiger partial charge in [0.15, 0.2) is 5.78 Å². The molecule has 0 amide bonds. The van der Waals surface area contributed by atoms with Crippen LogP contribution < -0.4 is 0 Å². The molecular weight excluding hydrogens is 384 g/mol. The van der Waals surface area contributed by atoms with Crippen molar-refractivity contribution in [3.05, 3.63) is 115 Å². The quantitative estimate of drug-likeness (QED) is 0.343. The van der Waals surface area contributed by atoms with Gasteiger partial charge in [-0.1, -0.05) is 24.3 Å². The van der Waals surface area contributed by atoms with Gasteiger partial charge in [-0.05, 0) is 58.7 Å². The van der Waals surface area contributed by atoms with Crippen molar-refractivity contribution >= 4 is 40.5 Å². The number of hydrogen-bond acceptors (Lipinski definition) is 5. The van der Waals surface area contributed by atoms with Crippen LogP contribution in [0.25, 0.3) is 23.3 Å². The van der Waals surface area contributed by atoms with E-state index in [1.807, 2.05) is 24.3 Å². The van der Waals surface area contributed by atoms with Crippen molar-refractivity contribution in [2.45, 2.75) is 0 Å². The van der Waals surface area contributed by atoms with E-state index in [4.69, 9.17) is 0 Å². The molecule has 7 heteroatoms. The number of carbonyl (C=O) groups excluding carboxylic acids is 1. The third kappa shape index (κ3) is 3.51. The molecule has 0 aromatic heterocycles. The number of nitro benzene ring substituents is 2. The lowest BCUT2D eigenvalue weighted by atomic mass is 10.0. The van der Waals surface area contributed by atoms with E-state index in [1.165, 1.54) is 24.3 Å². The van der Waals surface area contributed by atoms with Crippen LogP contribution in [0.1, 0.15) is 22.3 Å². The van der Waals surface area contributed by atoms with Crippen molar-refractivity contribution in [1.29, 1.82) is 0 Å². The second-order valence-electron chi connectivity index (χ2n) is 6.69.